The number of anilines is 3. The van der Waals surface area contributed by atoms with Gasteiger partial charge in [0.15, 0.2) is 5.82 Å². The molecule has 3 aromatic rings. The number of hydrogen-bond acceptors (Lipinski definition) is 6. The third-order valence-corrected chi connectivity index (χ3v) is 6.10. The Morgan fingerprint density at radius 1 is 1.13 bits per heavy atom. The van der Waals surface area contributed by atoms with E-state index in [1.54, 1.807) is 18.2 Å². The molecule has 38 heavy (non-hydrogen) atoms. The van der Waals surface area contributed by atoms with Crippen molar-refractivity contribution in [2.75, 3.05) is 43.9 Å². The van der Waals surface area contributed by atoms with E-state index in [0.717, 1.165) is 29.0 Å². The number of para-hydroxylation sites is 1. The summed E-state index contributed by atoms with van der Waals surface area (Å²) < 4.78 is 29.7. The van der Waals surface area contributed by atoms with Crippen molar-refractivity contribution in [3.05, 3.63) is 64.7 Å². The number of benzene rings is 2. The number of likely N-dealkylation sites (N-methyl/N-ethyl adjacent to an activating group) is 1. The van der Waals surface area contributed by atoms with Crippen LogP contribution in [0, 0.1) is 18.6 Å². The van der Waals surface area contributed by atoms with Gasteiger partial charge >= 0.3 is 6.03 Å². The van der Waals surface area contributed by atoms with Gasteiger partial charge in [0.05, 0.1) is 12.2 Å². The highest BCUT2D eigenvalue weighted by Crippen LogP contribution is 2.39. The molecule has 11 heteroatoms. The first-order valence-electron chi connectivity index (χ1n) is 12.4. The second kappa shape index (κ2) is 11.5. The van der Waals surface area contributed by atoms with Crippen LogP contribution >= 0.6 is 0 Å². The van der Waals surface area contributed by atoms with Gasteiger partial charge < -0.3 is 20.9 Å². The van der Waals surface area contributed by atoms with Gasteiger partial charge in [0.1, 0.15) is 17.3 Å². The molecular weight excluding hydrogens is 492 g/mol. The Labute approximate surface area is 220 Å². The number of nitrogens with zero attached hydrogens (tertiary/aromatic N) is 4. The molecule has 2 aromatic carbocycles. The number of carbonyl (C=O) groups is 2. The summed E-state index contributed by atoms with van der Waals surface area (Å²) in [5.74, 6) is -1.67. The molecule has 0 aliphatic carbocycles. The molecule has 3 N–H and O–H groups in total. The smallest absolute Gasteiger partial charge is 0.328 e. The summed E-state index contributed by atoms with van der Waals surface area (Å²) >= 11 is 0. The van der Waals surface area contributed by atoms with Crippen LogP contribution in [0.3, 0.4) is 0 Å². The minimum Gasteiger partial charge on any atom is -0.353 e. The number of fused-ring (bicyclic) bond motifs is 1. The predicted octanol–water partition coefficient (Wildman–Crippen LogP) is 4.20. The van der Waals surface area contributed by atoms with Crippen LogP contribution in [0.15, 0.2) is 36.4 Å². The summed E-state index contributed by atoms with van der Waals surface area (Å²) in [6.07, 6.45) is 0.824. The van der Waals surface area contributed by atoms with Crippen LogP contribution in [-0.4, -0.2) is 60.5 Å². The highest BCUT2D eigenvalue weighted by molar-refractivity contribution is 6.02. The average molecular weight is 524 g/mol. The Morgan fingerprint density at radius 3 is 2.53 bits per heavy atom. The quantitative estimate of drug-likeness (QED) is 0.389. The molecule has 1 aliphatic rings. The van der Waals surface area contributed by atoms with Crippen LogP contribution in [0.2, 0.25) is 0 Å². The van der Waals surface area contributed by atoms with E-state index in [1.807, 2.05) is 32.8 Å². The molecular formula is C27H31F2N7O2. The third kappa shape index (κ3) is 5.57. The van der Waals surface area contributed by atoms with Gasteiger partial charge in [-0.25, -0.2) is 23.5 Å². The van der Waals surface area contributed by atoms with Gasteiger partial charge in [-0.15, -0.1) is 0 Å². The fraction of sp³-hybridized carbons (Fsp3) is 0.333. The van der Waals surface area contributed by atoms with Crippen molar-refractivity contribution in [1.82, 2.24) is 25.5 Å². The van der Waals surface area contributed by atoms with E-state index in [9.17, 15) is 18.4 Å². The molecule has 0 saturated heterocycles. The third-order valence-electron chi connectivity index (χ3n) is 6.10. The monoisotopic (exact) mass is 523 g/mol. The second-order valence-corrected chi connectivity index (χ2v) is 9.28. The van der Waals surface area contributed by atoms with E-state index in [1.165, 1.54) is 6.07 Å². The zero-order chi connectivity index (χ0) is 27.4. The topological polar surface area (TPSA) is 102 Å². The lowest BCUT2D eigenvalue weighted by Gasteiger charge is -2.31. The van der Waals surface area contributed by atoms with Crippen molar-refractivity contribution >= 4 is 29.4 Å². The standard InChI is InChI=1S/C27H31F2N7O2/c1-5-11-30-25(37)17-9-10-18(16(2)14-17)22-19-15-32-27(38)36(23-20(28)7-6-8-21(23)29)24(19)34-26(33-22)31-12-13-35(3)4/h6-10,14H,5,11-13,15H2,1-4H3,(H,30,37)(H,32,38)(H,31,33,34). The highest BCUT2D eigenvalue weighted by atomic mass is 19.1. The van der Waals surface area contributed by atoms with Crippen molar-refractivity contribution in [2.24, 2.45) is 0 Å². The first kappa shape index (κ1) is 26.9. The molecule has 0 atom stereocenters. The molecule has 0 radical (unpaired) electrons. The Balaban J connectivity index is 1.86. The average Bonchev–Trinajstić information content (AvgIpc) is 2.87. The molecule has 9 nitrogen and oxygen atoms in total. The van der Waals surface area contributed by atoms with Gasteiger partial charge in [-0.2, -0.15) is 4.98 Å². The van der Waals surface area contributed by atoms with E-state index < -0.39 is 23.4 Å². The fourth-order valence-electron chi connectivity index (χ4n) is 4.17. The molecule has 3 amide bonds. The van der Waals surface area contributed by atoms with Crippen molar-refractivity contribution in [1.29, 1.82) is 0 Å². The van der Waals surface area contributed by atoms with Crippen LogP contribution < -0.4 is 20.9 Å². The number of aromatic nitrogens is 2. The predicted molar refractivity (Wildman–Crippen MR) is 143 cm³/mol. The van der Waals surface area contributed by atoms with Crippen molar-refractivity contribution in [2.45, 2.75) is 26.8 Å². The van der Waals surface area contributed by atoms with Crippen molar-refractivity contribution < 1.29 is 18.4 Å². The molecule has 1 aromatic heterocycles. The maximum absolute atomic E-state index is 14.8. The minimum atomic E-state index is -0.895. The van der Waals surface area contributed by atoms with E-state index >= 15 is 0 Å². The van der Waals surface area contributed by atoms with Crippen molar-refractivity contribution in [3.8, 4) is 11.3 Å². The lowest BCUT2D eigenvalue weighted by Crippen LogP contribution is -2.43. The summed E-state index contributed by atoms with van der Waals surface area (Å²) in [5.41, 5.74) is 2.45. The molecule has 0 spiro atoms. The number of hydrogen-bond donors (Lipinski definition) is 3. The number of carbonyl (C=O) groups excluding carboxylic acids is 2. The van der Waals surface area contributed by atoms with E-state index in [0.29, 0.717) is 42.0 Å². The molecule has 4 rings (SSSR count). The summed E-state index contributed by atoms with van der Waals surface area (Å²) in [5, 5.41) is 8.70. The first-order chi connectivity index (χ1) is 18.2. The Kier molecular flexibility index (Phi) is 8.16. The second-order valence-electron chi connectivity index (χ2n) is 9.28. The molecule has 0 bridgehead atoms. The fourth-order valence-corrected chi connectivity index (χ4v) is 4.17. The maximum Gasteiger partial charge on any atom is 0.328 e. The number of rotatable bonds is 9. The SMILES string of the molecule is CCCNC(=O)c1ccc(-c2nc(NCCN(C)C)nc3c2CNC(=O)N3c2c(F)cccc2F)c(C)c1. The van der Waals surface area contributed by atoms with E-state index in [-0.39, 0.29) is 24.2 Å². The van der Waals surface area contributed by atoms with Gasteiger partial charge in [0.25, 0.3) is 5.91 Å². The van der Waals surface area contributed by atoms with Crippen LogP contribution in [0.25, 0.3) is 11.3 Å². The van der Waals surface area contributed by atoms with Gasteiger partial charge in [-0.05, 0) is 57.3 Å². The first-order valence-corrected chi connectivity index (χ1v) is 12.4. The van der Waals surface area contributed by atoms with Gasteiger partial charge in [0.2, 0.25) is 5.95 Å². The maximum atomic E-state index is 14.8. The number of urea groups is 1. The zero-order valence-corrected chi connectivity index (χ0v) is 21.9. The Bertz CT molecular complexity index is 1340. The van der Waals surface area contributed by atoms with E-state index in [4.69, 9.17) is 4.98 Å². The number of aryl methyl sites for hydroxylation is 1. The zero-order valence-electron chi connectivity index (χ0n) is 21.9. The molecule has 200 valence electrons. The molecule has 0 fully saturated rings. The molecule has 0 saturated carbocycles. The largest absolute Gasteiger partial charge is 0.353 e. The number of nitrogens with one attached hydrogen (secondary N) is 3. The van der Waals surface area contributed by atoms with Gasteiger partial charge in [0, 0.05) is 36.3 Å². The summed E-state index contributed by atoms with van der Waals surface area (Å²) in [7, 11) is 3.85. The number of halogens is 2. The lowest BCUT2D eigenvalue weighted by molar-refractivity contribution is 0.0953. The lowest BCUT2D eigenvalue weighted by atomic mass is 9.98. The van der Waals surface area contributed by atoms with Crippen LogP contribution in [0.4, 0.5) is 31.0 Å². The van der Waals surface area contributed by atoms with Crippen LogP contribution in [0.5, 0.6) is 0 Å². The minimum absolute atomic E-state index is 0.0617. The summed E-state index contributed by atoms with van der Waals surface area (Å²) in [6.45, 7) is 5.65. The normalized spacial score (nSPS) is 12.8. The van der Waals surface area contributed by atoms with Gasteiger partial charge in [-0.3, -0.25) is 4.79 Å². The summed E-state index contributed by atoms with van der Waals surface area (Å²) in [6, 6.07) is 7.96. The van der Waals surface area contributed by atoms with E-state index in [2.05, 4.69) is 20.9 Å². The van der Waals surface area contributed by atoms with Crippen LogP contribution in [0.1, 0.15) is 34.8 Å². The number of amides is 3. The van der Waals surface area contributed by atoms with Crippen LogP contribution in [-0.2, 0) is 6.54 Å². The molecule has 2 heterocycles. The Morgan fingerprint density at radius 2 is 1.87 bits per heavy atom. The van der Waals surface area contributed by atoms with Gasteiger partial charge in [-0.1, -0.05) is 19.1 Å². The molecule has 1 aliphatic heterocycles. The molecule has 0 unspecified atom stereocenters. The highest BCUT2D eigenvalue weighted by Gasteiger charge is 2.34. The Hall–Kier alpha value is -4.12. The van der Waals surface area contributed by atoms with Crippen molar-refractivity contribution in [3.63, 3.8) is 0 Å². The summed E-state index contributed by atoms with van der Waals surface area (Å²) in [4.78, 5) is 37.6.